The summed E-state index contributed by atoms with van der Waals surface area (Å²) in [6, 6.07) is 14.4. The fourth-order valence-electron chi connectivity index (χ4n) is 4.92. The molecule has 4 rings (SSSR count). The van der Waals surface area contributed by atoms with Crippen molar-refractivity contribution in [2.24, 2.45) is 0 Å². The second-order valence-electron chi connectivity index (χ2n) is 9.88. The van der Waals surface area contributed by atoms with Crippen molar-refractivity contribution in [1.29, 1.82) is 0 Å². The van der Waals surface area contributed by atoms with Crippen LogP contribution < -0.4 is 10.2 Å². The summed E-state index contributed by atoms with van der Waals surface area (Å²) >= 11 is 0. The van der Waals surface area contributed by atoms with E-state index in [0.717, 1.165) is 24.3 Å². The van der Waals surface area contributed by atoms with Gasteiger partial charge in [0.05, 0.1) is 11.1 Å². The van der Waals surface area contributed by atoms with E-state index < -0.39 is 23.5 Å². The highest BCUT2D eigenvalue weighted by atomic mass is 19.4. The van der Waals surface area contributed by atoms with Crippen molar-refractivity contribution >= 4 is 29.1 Å². The molecular weight excluding hydrogens is 552 g/mol. The molecule has 3 aromatic carbocycles. The molecule has 0 aromatic heterocycles. The number of halogens is 4. The molecule has 0 radical (unpaired) electrons. The van der Waals surface area contributed by atoms with E-state index in [0.29, 0.717) is 62.6 Å². The van der Waals surface area contributed by atoms with Gasteiger partial charge in [0.25, 0.3) is 17.7 Å². The van der Waals surface area contributed by atoms with Crippen LogP contribution in [-0.4, -0.2) is 66.8 Å². The van der Waals surface area contributed by atoms with Crippen LogP contribution in [0.2, 0.25) is 0 Å². The van der Waals surface area contributed by atoms with Gasteiger partial charge in [-0.25, -0.2) is 4.39 Å². The number of anilines is 2. The van der Waals surface area contributed by atoms with E-state index in [2.05, 4.69) is 5.32 Å². The Bertz CT molecular complexity index is 1440. The molecule has 1 aliphatic heterocycles. The summed E-state index contributed by atoms with van der Waals surface area (Å²) in [5.74, 6) is -1.60. The van der Waals surface area contributed by atoms with E-state index in [4.69, 9.17) is 0 Å². The van der Waals surface area contributed by atoms with Crippen LogP contribution in [0.15, 0.2) is 66.7 Å². The SMILES string of the molecule is CCN(CC)C(=O)c1cc(NC(=O)c2ccc(C(F)(F)F)cc2)ccc1N1CCCN(C(=O)c2cccc(F)c2)CC1. The molecule has 1 fully saturated rings. The number of hydrogen-bond acceptors (Lipinski definition) is 4. The first-order valence-electron chi connectivity index (χ1n) is 13.7. The zero-order valence-electron chi connectivity index (χ0n) is 23.4. The quantitative estimate of drug-likeness (QED) is 0.350. The minimum atomic E-state index is -4.51. The lowest BCUT2D eigenvalue weighted by atomic mass is 10.1. The number of nitrogens with zero attached hydrogens (tertiary/aromatic N) is 3. The van der Waals surface area contributed by atoms with E-state index >= 15 is 0 Å². The molecule has 0 spiro atoms. The highest BCUT2D eigenvalue weighted by Gasteiger charge is 2.30. The molecule has 0 bridgehead atoms. The Hall–Kier alpha value is -4.41. The number of nitrogens with one attached hydrogen (secondary N) is 1. The van der Waals surface area contributed by atoms with E-state index in [1.807, 2.05) is 18.7 Å². The summed E-state index contributed by atoms with van der Waals surface area (Å²) in [7, 11) is 0. The monoisotopic (exact) mass is 584 g/mol. The van der Waals surface area contributed by atoms with Gasteiger partial charge in [-0.3, -0.25) is 14.4 Å². The molecule has 0 saturated carbocycles. The van der Waals surface area contributed by atoms with Crippen LogP contribution in [0.1, 0.15) is 56.9 Å². The molecule has 0 atom stereocenters. The molecular formula is C31H32F4N4O3. The lowest BCUT2D eigenvalue weighted by Crippen LogP contribution is -2.36. The van der Waals surface area contributed by atoms with Crippen molar-refractivity contribution in [2.45, 2.75) is 26.4 Å². The van der Waals surface area contributed by atoms with Crippen molar-refractivity contribution in [2.75, 3.05) is 49.5 Å². The Morgan fingerprint density at radius 2 is 1.57 bits per heavy atom. The summed E-state index contributed by atoms with van der Waals surface area (Å²) in [6.45, 7) is 6.46. The molecule has 7 nitrogen and oxygen atoms in total. The van der Waals surface area contributed by atoms with E-state index in [1.165, 1.54) is 18.2 Å². The van der Waals surface area contributed by atoms with E-state index in [-0.39, 0.29) is 22.9 Å². The van der Waals surface area contributed by atoms with E-state index in [1.54, 1.807) is 34.1 Å². The maximum atomic E-state index is 13.7. The Kier molecular flexibility index (Phi) is 9.49. The maximum absolute atomic E-state index is 13.7. The summed E-state index contributed by atoms with van der Waals surface area (Å²) in [5.41, 5.74) is 0.766. The van der Waals surface area contributed by atoms with Crippen LogP contribution in [0, 0.1) is 5.82 Å². The Balaban J connectivity index is 1.57. The molecule has 3 aromatic rings. The van der Waals surface area contributed by atoms with Crippen LogP contribution in [0.3, 0.4) is 0 Å². The zero-order chi connectivity index (χ0) is 30.4. The number of carbonyl (C=O) groups is 3. The van der Waals surface area contributed by atoms with Gasteiger partial charge in [0.15, 0.2) is 0 Å². The Morgan fingerprint density at radius 3 is 2.21 bits per heavy atom. The third-order valence-corrected chi connectivity index (χ3v) is 7.21. The molecule has 0 unspecified atom stereocenters. The third kappa shape index (κ3) is 7.07. The lowest BCUT2D eigenvalue weighted by molar-refractivity contribution is -0.137. The predicted octanol–water partition coefficient (Wildman–Crippen LogP) is 5.93. The van der Waals surface area contributed by atoms with Crippen LogP contribution in [-0.2, 0) is 6.18 Å². The molecule has 3 amide bonds. The topological polar surface area (TPSA) is 73.0 Å². The fraction of sp³-hybridized carbons (Fsp3) is 0.323. The normalized spacial score (nSPS) is 13.9. The number of amides is 3. The van der Waals surface area contributed by atoms with Crippen LogP contribution in [0.5, 0.6) is 0 Å². The molecule has 1 heterocycles. The van der Waals surface area contributed by atoms with Gasteiger partial charge >= 0.3 is 6.18 Å². The van der Waals surface area contributed by atoms with E-state index in [9.17, 15) is 31.9 Å². The van der Waals surface area contributed by atoms with Crippen molar-refractivity contribution in [3.63, 3.8) is 0 Å². The molecule has 0 aliphatic carbocycles. The summed E-state index contributed by atoms with van der Waals surface area (Å²) < 4.78 is 52.4. The van der Waals surface area contributed by atoms with Gasteiger partial charge in [-0.1, -0.05) is 6.07 Å². The van der Waals surface area contributed by atoms with Crippen molar-refractivity contribution in [3.05, 3.63) is 94.8 Å². The number of hydrogen-bond donors (Lipinski definition) is 1. The van der Waals surface area contributed by atoms with Gasteiger partial charge in [0.2, 0.25) is 0 Å². The average molecular weight is 585 g/mol. The predicted molar refractivity (Wildman–Crippen MR) is 152 cm³/mol. The Morgan fingerprint density at radius 1 is 0.857 bits per heavy atom. The summed E-state index contributed by atoms with van der Waals surface area (Å²) in [6.07, 6.45) is -3.89. The Labute approximate surface area is 241 Å². The second-order valence-corrected chi connectivity index (χ2v) is 9.88. The maximum Gasteiger partial charge on any atom is 0.416 e. The average Bonchev–Trinajstić information content (AvgIpc) is 3.23. The molecule has 1 aliphatic rings. The van der Waals surface area contributed by atoms with Gasteiger partial charge in [0, 0.05) is 61.8 Å². The number of alkyl halides is 3. The highest BCUT2D eigenvalue weighted by Crippen LogP contribution is 2.30. The molecule has 42 heavy (non-hydrogen) atoms. The fourth-order valence-corrected chi connectivity index (χ4v) is 4.92. The highest BCUT2D eigenvalue weighted by molar-refractivity contribution is 6.06. The van der Waals surface area contributed by atoms with Crippen molar-refractivity contribution in [1.82, 2.24) is 9.80 Å². The van der Waals surface area contributed by atoms with Gasteiger partial charge in [-0.05, 0) is 80.9 Å². The van der Waals surface area contributed by atoms with Gasteiger partial charge in [-0.2, -0.15) is 13.2 Å². The van der Waals surface area contributed by atoms with Gasteiger partial charge < -0.3 is 20.0 Å². The molecule has 1 N–H and O–H groups in total. The van der Waals surface area contributed by atoms with Crippen molar-refractivity contribution in [3.8, 4) is 0 Å². The molecule has 222 valence electrons. The first-order valence-corrected chi connectivity index (χ1v) is 13.7. The first kappa shape index (κ1) is 30.5. The standard InChI is InChI=1S/C31H32F4N4O3/c1-3-37(4-2)30(42)26-20-25(36-28(40)21-9-11-23(12-10-21)31(33,34)35)13-14-27(26)38-15-6-16-39(18-17-38)29(41)22-7-5-8-24(32)19-22/h5,7-14,19-20H,3-4,6,15-18H2,1-2H3,(H,36,40). The second kappa shape index (κ2) is 13.1. The summed E-state index contributed by atoms with van der Waals surface area (Å²) in [5, 5.41) is 2.68. The van der Waals surface area contributed by atoms with Crippen LogP contribution >= 0.6 is 0 Å². The third-order valence-electron chi connectivity index (χ3n) is 7.21. The largest absolute Gasteiger partial charge is 0.416 e. The van der Waals surface area contributed by atoms with Gasteiger partial charge in [-0.15, -0.1) is 0 Å². The number of carbonyl (C=O) groups excluding carboxylic acids is 3. The smallest absolute Gasteiger partial charge is 0.369 e. The first-order chi connectivity index (χ1) is 20.0. The zero-order valence-corrected chi connectivity index (χ0v) is 23.4. The minimum Gasteiger partial charge on any atom is -0.369 e. The molecule has 11 heteroatoms. The number of rotatable bonds is 7. The number of benzene rings is 3. The van der Waals surface area contributed by atoms with Crippen molar-refractivity contribution < 1.29 is 31.9 Å². The minimum absolute atomic E-state index is 0.0410. The van der Waals surface area contributed by atoms with Gasteiger partial charge in [0.1, 0.15) is 5.82 Å². The van der Waals surface area contributed by atoms with Crippen LogP contribution in [0.25, 0.3) is 0 Å². The lowest BCUT2D eigenvalue weighted by Gasteiger charge is -2.28. The molecule has 1 saturated heterocycles. The van der Waals surface area contributed by atoms with Crippen LogP contribution in [0.4, 0.5) is 28.9 Å². The summed E-state index contributed by atoms with van der Waals surface area (Å²) in [4.78, 5) is 44.7.